The minimum absolute atomic E-state index is 0.0000472. The molecule has 0 spiro atoms. The van der Waals surface area contributed by atoms with Crippen molar-refractivity contribution in [1.82, 2.24) is 10.6 Å². The SMILES string of the molecule is CCC(COC)NC(=O)NC(CCO)C(C)C. The number of aliphatic hydroxyl groups excluding tert-OH is 1. The molecule has 5 heteroatoms. The molecule has 0 saturated carbocycles. The van der Waals surface area contributed by atoms with Crippen molar-refractivity contribution in [2.24, 2.45) is 5.92 Å². The van der Waals surface area contributed by atoms with E-state index in [4.69, 9.17) is 9.84 Å². The lowest BCUT2D eigenvalue weighted by Crippen LogP contribution is -2.49. The fourth-order valence-electron chi connectivity index (χ4n) is 1.57. The zero-order valence-corrected chi connectivity index (χ0v) is 11.3. The third kappa shape index (κ3) is 7.18. The van der Waals surface area contributed by atoms with E-state index < -0.39 is 0 Å². The van der Waals surface area contributed by atoms with Crippen LogP contribution in [-0.4, -0.2) is 43.5 Å². The number of carbonyl (C=O) groups excluding carboxylic acids is 1. The maximum Gasteiger partial charge on any atom is 0.315 e. The molecule has 0 aromatic carbocycles. The van der Waals surface area contributed by atoms with Crippen LogP contribution in [0, 0.1) is 5.92 Å². The first-order chi connectivity index (χ1) is 8.04. The Balaban J connectivity index is 4.12. The third-order valence-corrected chi connectivity index (χ3v) is 2.76. The van der Waals surface area contributed by atoms with E-state index in [0.717, 1.165) is 6.42 Å². The van der Waals surface area contributed by atoms with Gasteiger partial charge in [0, 0.05) is 19.8 Å². The van der Waals surface area contributed by atoms with Gasteiger partial charge in [0.05, 0.1) is 12.6 Å². The van der Waals surface area contributed by atoms with Crippen LogP contribution in [0.25, 0.3) is 0 Å². The van der Waals surface area contributed by atoms with E-state index >= 15 is 0 Å². The van der Waals surface area contributed by atoms with Crippen molar-refractivity contribution >= 4 is 6.03 Å². The Labute approximate surface area is 104 Å². The predicted octanol–water partition coefficient (Wildman–Crippen LogP) is 1.12. The normalized spacial score (nSPS) is 14.5. The summed E-state index contributed by atoms with van der Waals surface area (Å²) in [5, 5.41) is 14.6. The predicted molar refractivity (Wildman–Crippen MR) is 68.0 cm³/mol. The number of urea groups is 1. The van der Waals surface area contributed by atoms with Crippen LogP contribution in [0.1, 0.15) is 33.6 Å². The van der Waals surface area contributed by atoms with Crippen LogP contribution >= 0.6 is 0 Å². The minimum atomic E-state index is -0.193. The summed E-state index contributed by atoms with van der Waals surface area (Å²) < 4.78 is 5.01. The van der Waals surface area contributed by atoms with Gasteiger partial charge in [-0.25, -0.2) is 4.79 Å². The van der Waals surface area contributed by atoms with Crippen LogP contribution in [0.4, 0.5) is 4.79 Å². The molecule has 2 unspecified atom stereocenters. The topological polar surface area (TPSA) is 70.6 Å². The fourth-order valence-corrected chi connectivity index (χ4v) is 1.57. The van der Waals surface area contributed by atoms with Crippen LogP contribution in [0.2, 0.25) is 0 Å². The van der Waals surface area contributed by atoms with Gasteiger partial charge in [-0.15, -0.1) is 0 Å². The molecular weight excluding hydrogens is 220 g/mol. The van der Waals surface area contributed by atoms with Crippen LogP contribution in [-0.2, 0) is 4.74 Å². The number of hydrogen-bond acceptors (Lipinski definition) is 3. The second-order valence-corrected chi connectivity index (χ2v) is 4.54. The van der Waals surface area contributed by atoms with E-state index in [1.54, 1.807) is 7.11 Å². The molecule has 0 aliphatic carbocycles. The summed E-state index contributed by atoms with van der Waals surface area (Å²) in [6, 6.07) is -0.164. The number of amides is 2. The number of aliphatic hydroxyl groups is 1. The summed E-state index contributed by atoms with van der Waals surface area (Å²) in [4.78, 5) is 11.7. The summed E-state index contributed by atoms with van der Waals surface area (Å²) >= 11 is 0. The highest BCUT2D eigenvalue weighted by atomic mass is 16.5. The van der Waals surface area contributed by atoms with Gasteiger partial charge in [-0.1, -0.05) is 20.8 Å². The number of nitrogens with one attached hydrogen (secondary N) is 2. The van der Waals surface area contributed by atoms with E-state index in [1.165, 1.54) is 0 Å². The van der Waals surface area contributed by atoms with Gasteiger partial charge in [-0.3, -0.25) is 0 Å². The highest BCUT2D eigenvalue weighted by Gasteiger charge is 2.17. The second kappa shape index (κ2) is 9.24. The van der Waals surface area contributed by atoms with Gasteiger partial charge in [-0.2, -0.15) is 0 Å². The minimum Gasteiger partial charge on any atom is -0.396 e. The Bertz CT molecular complexity index is 210. The van der Waals surface area contributed by atoms with Gasteiger partial charge in [-0.05, 0) is 18.8 Å². The Morgan fingerprint density at radius 3 is 2.41 bits per heavy atom. The van der Waals surface area contributed by atoms with Gasteiger partial charge >= 0.3 is 6.03 Å². The van der Waals surface area contributed by atoms with E-state index in [9.17, 15) is 4.79 Å². The first-order valence-corrected chi connectivity index (χ1v) is 6.21. The standard InChI is InChI=1S/C12H26N2O3/c1-5-10(8-17-4)13-12(16)14-11(6-7-15)9(2)3/h9-11,15H,5-8H2,1-4H3,(H2,13,14,16). The maximum atomic E-state index is 11.7. The highest BCUT2D eigenvalue weighted by molar-refractivity contribution is 5.74. The van der Waals surface area contributed by atoms with Crippen LogP contribution in [0.5, 0.6) is 0 Å². The molecular formula is C12H26N2O3. The van der Waals surface area contributed by atoms with Gasteiger partial charge in [0.1, 0.15) is 0 Å². The van der Waals surface area contributed by atoms with Gasteiger partial charge in [0.25, 0.3) is 0 Å². The van der Waals surface area contributed by atoms with E-state index in [2.05, 4.69) is 10.6 Å². The quantitative estimate of drug-likeness (QED) is 0.601. The average molecular weight is 246 g/mol. The van der Waals surface area contributed by atoms with Gasteiger partial charge in [0.2, 0.25) is 0 Å². The Hall–Kier alpha value is -0.810. The molecule has 2 amide bonds. The zero-order valence-electron chi connectivity index (χ0n) is 11.3. The summed E-state index contributed by atoms with van der Waals surface area (Å²) in [6.45, 7) is 6.63. The molecule has 0 heterocycles. The number of ether oxygens (including phenoxy) is 1. The second-order valence-electron chi connectivity index (χ2n) is 4.54. The summed E-state index contributed by atoms with van der Waals surface area (Å²) in [6.07, 6.45) is 1.40. The molecule has 0 saturated heterocycles. The van der Waals surface area contributed by atoms with Crippen molar-refractivity contribution in [3.05, 3.63) is 0 Å². The lowest BCUT2D eigenvalue weighted by atomic mass is 10.0. The molecule has 17 heavy (non-hydrogen) atoms. The monoisotopic (exact) mass is 246 g/mol. The van der Waals surface area contributed by atoms with Crippen LogP contribution in [0.3, 0.4) is 0 Å². The van der Waals surface area contributed by atoms with E-state index in [0.29, 0.717) is 18.9 Å². The largest absolute Gasteiger partial charge is 0.396 e. The average Bonchev–Trinajstić information content (AvgIpc) is 2.27. The summed E-state index contributed by atoms with van der Waals surface area (Å²) in [5.41, 5.74) is 0. The Morgan fingerprint density at radius 2 is 2.00 bits per heavy atom. The lowest BCUT2D eigenvalue weighted by Gasteiger charge is -2.24. The van der Waals surface area contributed by atoms with Gasteiger partial charge < -0.3 is 20.5 Å². The van der Waals surface area contributed by atoms with Crippen molar-refractivity contribution in [3.8, 4) is 0 Å². The van der Waals surface area contributed by atoms with Crippen molar-refractivity contribution in [3.63, 3.8) is 0 Å². The zero-order chi connectivity index (χ0) is 13.3. The molecule has 0 rings (SSSR count). The first kappa shape index (κ1) is 16.2. The van der Waals surface area contributed by atoms with E-state index in [1.807, 2.05) is 20.8 Å². The molecule has 3 N–H and O–H groups in total. The van der Waals surface area contributed by atoms with Crippen LogP contribution < -0.4 is 10.6 Å². The van der Waals surface area contributed by atoms with Crippen molar-refractivity contribution in [2.75, 3.05) is 20.3 Å². The molecule has 0 fully saturated rings. The molecule has 0 aliphatic heterocycles. The molecule has 0 bridgehead atoms. The Kier molecular flexibility index (Phi) is 8.80. The number of hydrogen-bond donors (Lipinski definition) is 3. The van der Waals surface area contributed by atoms with Crippen molar-refractivity contribution < 1.29 is 14.6 Å². The Morgan fingerprint density at radius 1 is 1.35 bits per heavy atom. The maximum absolute atomic E-state index is 11.7. The summed E-state index contributed by atoms with van der Waals surface area (Å²) in [7, 11) is 1.62. The fraction of sp³-hybridized carbons (Fsp3) is 0.917. The molecule has 2 atom stereocenters. The molecule has 5 nitrogen and oxygen atoms in total. The van der Waals surface area contributed by atoms with Crippen molar-refractivity contribution in [2.45, 2.75) is 45.7 Å². The van der Waals surface area contributed by atoms with Crippen LogP contribution in [0.15, 0.2) is 0 Å². The molecule has 0 aromatic heterocycles. The number of carbonyl (C=O) groups is 1. The smallest absolute Gasteiger partial charge is 0.315 e. The van der Waals surface area contributed by atoms with E-state index in [-0.39, 0.29) is 24.7 Å². The number of methoxy groups -OCH3 is 1. The molecule has 0 radical (unpaired) electrons. The van der Waals surface area contributed by atoms with Gasteiger partial charge in [0.15, 0.2) is 0 Å². The molecule has 0 aliphatic rings. The lowest BCUT2D eigenvalue weighted by molar-refractivity contribution is 0.161. The third-order valence-electron chi connectivity index (χ3n) is 2.76. The first-order valence-electron chi connectivity index (χ1n) is 6.21. The highest BCUT2D eigenvalue weighted by Crippen LogP contribution is 2.05. The van der Waals surface area contributed by atoms with Crippen molar-refractivity contribution in [1.29, 1.82) is 0 Å². The summed E-state index contributed by atoms with van der Waals surface area (Å²) in [5.74, 6) is 0.301. The number of rotatable bonds is 8. The molecule has 0 aromatic rings. The molecule has 102 valence electrons.